The van der Waals surface area contributed by atoms with Crippen molar-refractivity contribution < 1.29 is 19.1 Å². The molecule has 0 fully saturated rings. The van der Waals surface area contributed by atoms with Crippen LogP contribution in [0.25, 0.3) is 6.08 Å². The number of nitrogens with one attached hydrogen (secondary N) is 2. The smallest absolute Gasteiger partial charge is 0.272 e. The quantitative estimate of drug-likeness (QED) is 0.550. The zero-order valence-electron chi connectivity index (χ0n) is 16.9. The van der Waals surface area contributed by atoms with Crippen LogP contribution in [0.4, 0.5) is 5.69 Å². The molecule has 30 heavy (non-hydrogen) atoms. The summed E-state index contributed by atoms with van der Waals surface area (Å²) in [5.74, 6) is 0.247. The fourth-order valence-electron chi connectivity index (χ4n) is 2.80. The van der Waals surface area contributed by atoms with Crippen molar-refractivity contribution in [2.24, 2.45) is 0 Å². The Bertz CT molecular complexity index is 1070. The van der Waals surface area contributed by atoms with Gasteiger partial charge in [-0.2, -0.15) is 0 Å². The molecule has 0 atom stereocenters. The molecule has 2 N–H and O–H groups in total. The summed E-state index contributed by atoms with van der Waals surface area (Å²) in [6.07, 6.45) is 1.65. The maximum absolute atomic E-state index is 13.0. The summed E-state index contributed by atoms with van der Waals surface area (Å²) in [6.45, 7) is 1.85. The van der Waals surface area contributed by atoms with Crippen LogP contribution in [0.5, 0.6) is 11.5 Å². The lowest BCUT2D eigenvalue weighted by molar-refractivity contribution is -0.113. The van der Waals surface area contributed by atoms with Crippen LogP contribution in [0.15, 0.2) is 65.7 Å². The van der Waals surface area contributed by atoms with Gasteiger partial charge >= 0.3 is 0 Å². The molecule has 2 aromatic carbocycles. The molecule has 0 saturated carbocycles. The van der Waals surface area contributed by atoms with Crippen molar-refractivity contribution >= 4 is 34.9 Å². The average molecular weight is 423 g/mol. The zero-order chi connectivity index (χ0) is 21.5. The van der Waals surface area contributed by atoms with Crippen LogP contribution in [0.3, 0.4) is 0 Å². The highest BCUT2D eigenvalue weighted by Crippen LogP contribution is 2.30. The molecule has 3 aromatic rings. The van der Waals surface area contributed by atoms with Crippen molar-refractivity contribution in [2.45, 2.75) is 6.92 Å². The van der Waals surface area contributed by atoms with E-state index < -0.39 is 5.91 Å². The maximum Gasteiger partial charge on any atom is 0.272 e. The van der Waals surface area contributed by atoms with E-state index >= 15 is 0 Å². The predicted molar refractivity (Wildman–Crippen MR) is 119 cm³/mol. The second-order valence-electron chi connectivity index (χ2n) is 6.37. The molecule has 1 heterocycles. The first-order chi connectivity index (χ1) is 14.5. The summed E-state index contributed by atoms with van der Waals surface area (Å²) >= 11 is 1.47. The first-order valence-electron chi connectivity index (χ1n) is 9.17. The second kappa shape index (κ2) is 9.76. The topological polar surface area (TPSA) is 76.7 Å². The van der Waals surface area contributed by atoms with Crippen LogP contribution >= 0.6 is 11.3 Å². The minimum Gasteiger partial charge on any atom is -0.493 e. The number of aryl methyl sites for hydroxylation is 1. The Hall–Kier alpha value is -3.58. The number of hydrogen-bond donors (Lipinski definition) is 2. The Morgan fingerprint density at radius 3 is 2.40 bits per heavy atom. The molecule has 154 valence electrons. The minimum atomic E-state index is -0.447. The van der Waals surface area contributed by atoms with Crippen molar-refractivity contribution in [1.29, 1.82) is 0 Å². The number of anilines is 1. The van der Waals surface area contributed by atoms with Crippen LogP contribution in [-0.2, 0) is 4.79 Å². The summed E-state index contributed by atoms with van der Waals surface area (Å²) in [6, 6.07) is 16.0. The molecule has 7 heteroatoms. The van der Waals surface area contributed by atoms with Crippen LogP contribution in [-0.4, -0.2) is 26.0 Å². The van der Waals surface area contributed by atoms with Gasteiger partial charge < -0.3 is 20.1 Å². The van der Waals surface area contributed by atoms with E-state index in [1.807, 2.05) is 36.6 Å². The molecule has 2 amide bonds. The van der Waals surface area contributed by atoms with Crippen molar-refractivity contribution in [3.05, 3.63) is 81.7 Å². The fourth-order valence-corrected chi connectivity index (χ4v) is 3.46. The Kier molecular flexibility index (Phi) is 6.87. The fraction of sp³-hybridized carbons (Fsp3) is 0.130. The Labute approximate surface area is 179 Å². The summed E-state index contributed by atoms with van der Waals surface area (Å²) in [7, 11) is 3.06. The lowest BCUT2D eigenvalue weighted by Crippen LogP contribution is -2.31. The molecule has 0 aliphatic carbocycles. The Balaban J connectivity index is 1.86. The van der Waals surface area contributed by atoms with E-state index in [4.69, 9.17) is 9.47 Å². The number of hydrogen-bond acceptors (Lipinski definition) is 5. The summed E-state index contributed by atoms with van der Waals surface area (Å²) in [4.78, 5) is 26.6. The van der Waals surface area contributed by atoms with Gasteiger partial charge in [-0.05, 0) is 48.2 Å². The van der Waals surface area contributed by atoms with Crippen molar-refractivity contribution in [3.63, 3.8) is 0 Å². The normalized spacial score (nSPS) is 11.0. The number of rotatable bonds is 7. The van der Waals surface area contributed by atoms with Crippen LogP contribution in [0.1, 0.15) is 20.8 Å². The largest absolute Gasteiger partial charge is 0.493 e. The standard InChI is InChI=1S/C23H22N2O4S/c1-15-7-4-5-9-18(15)22(26)25-19(14-17-8-6-12-30-17)23(27)24-16-10-11-20(28-2)21(13-16)29-3/h4-14H,1-3H3,(H,24,27)(H,25,26)/b19-14-. The molecule has 0 bridgehead atoms. The highest BCUT2D eigenvalue weighted by Gasteiger charge is 2.17. The maximum atomic E-state index is 13.0. The van der Waals surface area contributed by atoms with E-state index in [0.717, 1.165) is 10.4 Å². The number of ether oxygens (including phenoxy) is 2. The molecule has 1 aromatic heterocycles. The Morgan fingerprint density at radius 1 is 0.967 bits per heavy atom. The van der Waals surface area contributed by atoms with Gasteiger partial charge in [0, 0.05) is 22.2 Å². The molecule has 0 aliphatic heterocycles. The number of amides is 2. The third kappa shape index (κ3) is 5.07. The first-order valence-corrected chi connectivity index (χ1v) is 10.1. The number of methoxy groups -OCH3 is 2. The third-order valence-electron chi connectivity index (χ3n) is 4.35. The van der Waals surface area contributed by atoms with Gasteiger partial charge in [-0.15, -0.1) is 11.3 Å². The van der Waals surface area contributed by atoms with Gasteiger partial charge in [-0.1, -0.05) is 24.3 Å². The van der Waals surface area contributed by atoms with Gasteiger partial charge in [-0.25, -0.2) is 0 Å². The summed E-state index contributed by atoms with van der Waals surface area (Å²) in [5, 5.41) is 7.45. The lowest BCUT2D eigenvalue weighted by atomic mass is 10.1. The Morgan fingerprint density at radius 2 is 1.73 bits per heavy atom. The minimum absolute atomic E-state index is 0.139. The number of carbonyl (C=O) groups is 2. The van der Waals surface area contributed by atoms with Gasteiger partial charge in [0.2, 0.25) is 0 Å². The molecule has 0 spiro atoms. The van der Waals surface area contributed by atoms with Gasteiger partial charge in [0.05, 0.1) is 14.2 Å². The van der Waals surface area contributed by atoms with Crippen LogP contribution in [0, 0.1) is 6.92 Å². The van der Waals surface area contributed by atoms with E-state index in [-0.39, 0.29) is 11.6 Å². The molecule has 0 unspecified atom stereocenters. The SMILES string of the molecule is COc1ccc(NC(=O)/C(=C/c2cccs2)NC(=O)c2ccccc2C)cc1OC. The molecular formula is C23H22N2O4S. The molecule has 0 saturated heterocycles. The van der Waals surface area contributed by atoms with Gasteiger partial charge in [-0.3, -0.25) is 9.59 Å². The second-order valence-corrected chi connectivity index (χ2v) is 7.35. The third-order valence-corrected chi connectivity index (χ3v) is 5.17. The summed E-state index contributed by atoms with van der Waals surface area (Å²) in [5.41, 5.74) is 1.99. The predicted octanol–water partition coefficient (Wildman–Crippen LogP) is 4.48. The van der Waals surface area contributed by atoms with Crippen LogP contribution in [0.2, 0.25) is 0 Å². The van der Waals surface area contributed by atoms with Crippen molar-refractivity contribution in [3.8, 4) is 11.5 Å². The number of carbonyl (C=O) groups excluding carboxylic acids is 2. The van der Waals surface area contributed by atoms with E-state index in [9.17, 15) is 9.59 Å². The molecule has 0 radical (unpaired) electrons. The molecular weight excluding hydrogens is 400 g/mol. The van der Waals surface area contributed by atoms with Crippen LogP contribution < -0.4 is 20.1 Å². The molecule has 6 nitrogen and oxygen atoms in total. The van der Waals surface area contributed by atoms with Gasteiger partial charge in [0.25, 0.3) is 11.8 Å². The van der Waals surface area contributed by atoms with E-state index in [2.05, 4.69) is 10.6 Å². The van der Waals surface area contributed by atoms with Gasteiger partial charge in [0.15, 0.2) is 11.5 Å². The molecule has 0 aliphatic rings. The summed E-state index contributed by atoms with van der Waals surface area (Å²) < 4.78 is 10.5. The molecule has 3 rings (SSSR count). The van der Waals surface area contributed by atoms with Gasteiger partial charge in [0.1, 0.15) is 5.70 Å². The van der Waals surface area contributed by atoms with Crippen molar-refractivity contribution in [1.82, 2.24) is 5.32 Å². The number of benzene rings is 2. The van der Waals surface area contributed by atoms with E-state index in [0.29, 0.717) is 22.7 Å². The van der Waals surface area contributed by atoms with E-state index in [1.165, 1.54) is 18.4 Å². The highest BCUT2D eigenvalue weighted by molar-refractivity contribution is 7.10. The van der Waals surface area contributed by atoms with Crippen molar-refractivity contribution in [2.75, 3.05) is 19.5 Å². The average Bonchev–Trinajstić information content (AvgIpc) is 3.26. The zero-order valence-corrected chi connectivity index (χ0v) is 17.7. The first kappa shape index (κ1) is 21.1. The highest BCUT2D eigenvalue weighted by atomic mass is 32.1. The van der Waals surface area contributed by atoms with E-state index in [1.54, 1.807) is 43.5 Å². The monoisotopic (exact) mass is 422 g/mol. The lowest BCUT2D eigenvalue weighted by Gasteiger charge is -2.13. The number of thiophene rings is 1.